The number of carbonyl (C=O) groups is 1. The number of methoxy groups -OCH3 is 1. The topological polar surface area (TPSA) is 139 Å². The van der Waals surface area contributed by atoms with E-state index < -0.39 is 0 Å². The van der Waals surface area contributed by atoms with Gasteiger partial charge in [-0.1, -0.05) is 48.6 Å². The standard InChI is InChI=1S/C20H18N6O2.C5H8O/c1-28-15-5-3-2-4-14(15)20(27)22-10-12-6-8-13(9-7-12)17-16-18(21)23-11-24-19(16)26-25-17;6-5-3-1-2-4-5/h2-9,11H,10H2,1H3,(H,22,27)(H3,21,23,24,25,26);1,3,5-6H,2,4H2. The predicted molar refractivity (Wildman–Crippen MR) is 130 cm³/mol. The number of aromatic nitrogens is 4. The van der Waals surface area contributed by atoms with Crippen molar-refractivity contribution in [2.24, 2.45) is 0 Å². The number of nitrogens with two attached hydrogens (primary N) is 1. The normalized spacial score (nSPS) is 14.5. The van der Waals surface area contributed by atoms with Crippen LogP contribution in [0, 0.1) is 0 Å². The summed E-state index contributed by atoms with van der Waals surface area (Å²) in [5.74, 6) is 0.731. The molecule has 34 heavy (non-hydrogen) atoms. The largest absolute Gasteiger partial charge is 0.496 e. The summed E-state index contributed by atoms with van der Waals surface area (Å²) in [6.07, 6.45) is 7.08. The number of hydrogen-bond donors (Lipinski definition) is 4. The van der Waals surface area contributed by atoms with Crippen LogP contribution >= 0.6 is 0 Å². The number of nitrogens with one attached hydrogen (secondary N) is 2. The number of fused-ring (bicyclic) bond motifs is 1. The molecule has 2 aromatic heterocycles. The molecule has 1 amide bonds. The molecule has 4 aromatic rings. The molecule has 2 heterocycles. The van der Waals surface area contributed by atoms with E-state index in [1.807, 2.05) is 42.5 Å². The van der Waals surface area contributed by atoms with Crippen LogP contribution in [0.25, 0.3) is 22.3 Å². The van der Waals surface area contributed by atoms with Gasteiger partial charge in [0.25, 0.3) is 5.91 Å². The Bertz CT molecular complexity index is 1300. The summed E-state index contributed by atoms with van der Waals surface area (Å²) in [7, 11) is 1.54. The SMILES string of the molecule is COc1ccccc1C(=O)NCc1ccc(-c2[nH]nc3ncnc(N)c23)cc1.OC1C=CCC1. The molecule has 9 nitrogen and oxygen atoms in total. The highest BCUT2D eigenvalue weighted by Gasteiger charge is 2.13. The Kier molecular flexibility index (Phi) is 7.14. The van der Waals surface area contributed by atoms with Crippen LogP contribution in [0.15, 0.2) is 67.0 Å². The average molecular weight is 459 g/mol. The van der Waals surface area contributed by atoms with Crippen molar-refractivity contribution in [3.8, 4) is 17.0 Å². The second kappa shape index (κ2) is 10.6. The summed E-state index contributed by atoms with van der Waals surface area (Å²) in [4.78, 5) is 20.5. The van der Waals surface area contributed by atoms with Gasteiger partial charge in [0.2, 0.25) is 0 Å². The van der Waals surface area contributed by atoms with E-state index in [4.69, 9.17) is 15.6 Å². The maximum Gasteiger partial charge on any atom is 0.255 e. The number of nitrogen functional groups attached to an aromatic ring is 1. The summed E-state index contributed by atoms with van der Waals surface area (Å²) >= 11 is 0. The molecule has 0 radical (unpaired) electrons. The van der Waals surface area contributed by atoms with Crippen molar-refractivity contribution in [2.75, 3.05) is 12.8 Å². The minimum absolute atomic E-state index is 0.134. The molecular weight excluding hydrogens is 432 g/mol. The van der Waals surface area contributed by atoms with Gasteiger partial charge in [-0.25, -0.2) is 9.97 Å². The molecule has 1 unspecified atom stereocenters. The highest BCUT2D eigenvalue weighted by atomic mass is 16.5. The van der Waals surface area contributed by atoms with E-state index in [1.165, 1.54) is 6.33 Å². The lowest BCUT2D eigenvalue weighted by molar-refractivity contribution is 0.0948. The number of amides is 1. The van der Waals surface area contributed by atoms with E-state index in [-0.39, 0.29) is 12.0 Å². The van der Waals surface area contributed by atoms with Gasteiger partial charge in [-0.05, 0) is 30.5 Å². The van der Waals surface area contributed by atoms with Crippen LogP contribution in [0.2, 0.25) is 0 Å². The number of nitrogens with zero attached hydrogens (tertiary/aromatic N) is 3. The first-order valence-corrected chi connectivity index (χ1v) is 10.9. The van der Waals surface area contributed by atoms with Crippen molar-refractivity contribution in [3.63, 3.8) is 0 Å². The number of allylic oxidation sites excluding steroid dienone is 1. The van der Waals surface area contributed by atoms with Gasteiger partial charge in [-0.15, -0.1) is 0 Å². The molecule has 2 aromatic carbocycles. The number of benzene rings is 2. The lowest BCUT2D eigenvalue weighted by Gasteiger charge is -2.09. The Balaban J connectivity index is 0.000000398. The maximum absolute atomic E-state index is 12.4. The first-order valence-electron chi connectivity index (χ1n) is 10.9. The van der Waals surface area contributed by atoms with E-state index in [9.17, 15) is 4.79 Å². The van der Waals surface area contributed by atoms with Crippen molar-refractivity contribution < 1.29 is 14.6 Å². The Labute approximate surface area is 196 Å². The molecule has 1 aliphatic rings. The van der Waals surface area contributed by atoms with Crippen molar-refractivity contribution in [3.05, 3.63) is 78.1 Å². The van der Waals surface area contributed by atoms with Crippen molar-refractivity contribution >= 4 is 22.8 Å². The summed E-state index contributed by atoms with van der Waals surface area (Å²) in [6, 6.07) is 14.9. The summed E-state index contributed by atoms with van der Waals surface area (Å²) < 4.78 is 5.23. The van der Waals surface area contributed by atoms with Crippen LogP contribution in [0.3, 0.4) is 0 Å². The zero-order chi connectivity index (χ0) is 23.9. The molecule has 5 rings (SSSR count). The zero-order valence-electron chi connectivity index (χ0n) is 18.7. The molecule has 5 N–H and O–H groups in total. The fourth-order valence-corrected chi connectivity index (χ4v) is 3.60. The smallest absolute Gasteiger partial charge is 0.255 e. The number of ether oxygens (including phenoxy) is 1. The monoisotopic (exact) mass is 458 g/mol. The highest BCUT2D eigenvalue weighted by molar-refractivity contribution is 5.98. The Hall–Kier alpha value is -4.24. The number of aromatic amines is 1. The zero-order valence-corrected chi connectivity index (χ0v) is 18.7. The van der Waals surface area contributed by atoms with Gasteiger partial charge in [0.15, 0.2) is 5.65 Å². The average Bonchev–Trinajstić information content (AvgIpc) is 3.53. The number of para-hydroxylation sites is 1. The van der Waals surface area contributed by atoms with Gasteiger partial charge in [0, 0.05) is 12.1 Å². The number of H-pyrrole nitrogens is 1. The van der Waals surface area contributed by atoms with Crippen LogP contribution < -0.4 is 15.8 Å². The van der Waals surface area contributed by atoms with Crippen molar-refractivity contribution in [2.45, 2.75) is 25.5 Å². The lowest BCUT2D eigenvalue weighted by Crippen LogP contribution is -2.23. The number of anilines is 1. The van der Waals surface area contributed by atoms with Gasteiger partial charge in [-0.2, -0.15) is 5.10 Å². The molecule has 1 aliphatic carbocycles. The number of aliphatic hydroxyl groups excluding tert-OH is 1. The maximum atomic E-state index is 12.4. The van der Waals surface area contributed by atoms with Crippen LogP contribution in [0.1, 0.15) is 28.8 Å². The summed E-state index contributed by atoms with van der Waals surface area (Å²) in [5, 5.41) is 19.4. The number of rotatable bonds is 5. The Morgan fingerprint density at radius 1 is 1.21 bits per heavy atom. The molecular formula is C25H26N6O3. The quantitative estimate of drug-likeness (QED) is 0.337. The van der Waals surface area contributed by atoms with Crippen LogP contribution in [-0.4, -0.2) is 44.4 Å². The highest BCUT2D eigenvalue weighted by Crippen LogP contribution is 2.28. The van der Waals surface area contributed by atoms with Gasteiger partial charge >= 0.3 is 0 Å². The molecule has 0 saturated heterocycles. The first kappa shape index (κ1) is 22.9. The van der Waals surface area contributed by atoms with Gasteiger partial charge in [0.1, 0.15) is 17.9 Å². The molecule has 1 atom stereocenters. The molecule has 0 spiro atoms. The molecule has 0 fully saturated rings. The van der Waals surface area contributed by atoms with Gasteiger partial charge < -0.3 is 20.9 Å². The predicted octanol–water partition coefficient (Wildman–Crippen LogP) is 3.24. The summed E-state index contributed by atoms with van der Waals surface area (Å²) in [5.41, 5.74) is 9.61. The third kappa shape index (κ3) is 5.21. The minimum Gasteiger partial charge on any atom is -0.496 e. The van der Waals surface area contributed by atoms with E-state index in [1.54, 1.807) is 25.3 Å². The molecule has 0 aliphatic heterocycles. The van der Waals surface area contributed by atoms with Crippen LogP contribution in [0.5, 0.6) is 5.75 Å². The van der Waals surface area contributed by atoms with Gasteiger partial charge in [-0.3, -0.25) is 9.89 Å². The molecule has 0 saturated carbocycles. The number of hydrogen-bond acceptors (Lipinski definition) is 7. The third-order valence-corrected chi connectivity index (χ3v) is 5.41. The molecule has 0 bridgehead atoms. The minimum atomic E-state index is -0.189. The fraction of sp³-hybridized carbons (Fsp3) is 0.200. The third-order valence-electron chi connectivity index (χ3n) is 5.41. The van der Waals surface area contributed by atoms with E-state index in [2.05, 4.69) is 25.5 Å². The van der Waals surface area contributed by atoms with Gasteiger partial charge in [0.05, 0.1) is 29.9 Å². The number of carbonyl (C=O) groups excluding carboxylic acids is 1. The Morgan fingerprint density at radius 2 is 2.00 bits per heavy atom. The fourth-order valence-electron chi connectivity index (χ4n) is 3.60. The van der Waals surface area contributed by atoms with Crippen molar-refractivity contribution in [1.29, 1.82) is 0 Å². The molecule has 9 heteroatoms. The van der Waals surface area contributed by atoms with Crippen molar-refractivity contribution in [1.82, 2.24) is 25.5 Å². The van der Waals surface area contributed by atoms with Crippen LogP contribution in [-0.2, 0) is 6.54 Å². The van der Waals surface area contributed by atoms with E-state index >= 15 is 0 Å². The molecule has 174 valence electrons. The second-order valence-electron chi connectivity index (χ2n) is 7.71. The van der Waals surface area contributed by atoms with Crippen LogP contribution in [0.4, 0.5) is 5.82 Å². The second-order valence-corrected chi connectivity index (χ2v) is 7.71. The Morgan fingerprint density at radius 3 is 2.68 bits per heavy atom. The lowest BCUT2D eigenvalue weighted by atomic mass is 10.1. The number of aliphatic hydroxyl groups is 1. The van der Waals surface area contributed by atoms with E-state index in [0.29, 0.717) is 34.7 Å². The van der Waals surface area contributed by atoms with E-state index in [0.717, 1.165) is 29.7 Å². The first-order chi connectivity index (χ1) is 16.6. The summed E-state index contributed by atoms with van der Waals surface area (Å²) in [6.45, 7) is 0.395.